The number of carbonyl (C=O) groups excluding carboxylic acids is 1. The number of nitrogens with one attached hydrogen (secondary N) is 1. The molecular formula is C10H21NO4S. The summed E-state index contributed by atoms with van der Waals surface area (Å²) in [6.07, 6.45) is 0.469. The van der Waals surface area contributed by atoms with Gasteiger partial charge in [0.2, 0.25) is 0 Å². The zero-order chi connectivity index (χ0) is 12.8. The summed E-state index contributed by atoms with van der Waals surface area (Å²) in [5.41, 5.74) is 0. The molecule has 2 atom stereocenters. The van der Waals surface area contributed by atoms with Crippen molar-refractivity contribution in [1.82, 2.24) is 5.32 Å². The van der Waals surface area contributed by atoms with Gasteiger partial charge in [0.25, 0.3) is 0 Å². The molecule has 0 aliphatic heterocycles. The Morgan fingerprint density at radius 1 is 1.38 bits per heavy atom. The van der Waals surface area contributed by atoms with Crippen LogP contribution in [0.4, 0.5) is 0 Å². The third-order valence-corrected chi connectivity index (χ3v) is 4.80. The van der Waals surface area contributed by atoms with E-state index in [2.05, 4.69) is 10.1 Å². The number of hydrogen-bond acceptors (Lipinski definition) is 5. The van der Waals surface area contributed by atoms with Crippen LogP contribution in [-0.2, 0) is 19.4 Å². The summed E-state index contributed by atoms with van der Waals surface area (Å²) in [4.78, 5) is 10.9. The van der Waals surface area contributed by atoms with Crippen molar-refractivity contribution in [3.05, 3.63) is 0 Å². The van der Waals surface area contributed by atoms with Crippen molar-refractivity contribution in [2.75, 3.05) is 19.9 Å². The van der Waals surface area contributed by atoms with Gasteiger partial charge < -0.3 is 10.1 Å². The van der Waals surface area contributed by atoms with Crippen molar-refractivity contribution in [1.29, 1.82) is 0 Å². The number of hydrogen-bond donors (Lipinski definition) is 1. The van der Waals surface area contributed by atoms with Gasteiger partial charge >= 0.3 is 5.97 Å². The van der Waals surface area contributed by atoms with Crippen LogP contribution in [0.15, 0.2) is 0 Å². The minimum Gasteiger partial charge on any atom is -0.469 e. The smallest absolute Gasteiger partial charge is 0.306 e. The van der Waals surface area contributed by atoms with Gasteiger partial charge in [-0.25, -0.2) is 8.42 Å². The van der Waals surface area contributed by atoms with Crippen LogP contribution in [-0.4, -0.2) is 45.6 Å². The van der Waals surface area contributed by atoms with Crippen LogP contribution in [0, 0.1) is 0 Å². The molecule has 5 nitrogen and oxygen atoms in total. The Hall–Kier alpha value is -0.620. The molecule has 16 heavy (non-hydrogen) atoms. The minimum absolute atomic E-state index is 0.0723. The molecule has 0 spiro atoms. The highest BCUT2D eigenvalue weighted by molar-refractivity contribution is 7.92. The zero-order valence-electron chi connectivity index (χ0n) is 10.3. The average molecular weight is 251 g/mol. The molecule has 0 rings (SSSR count). The zero-order valence-corrected chi connectivity index (χ0v) is 11.1. The van der Waals surface area contributed by atoms with Crippen molar-refractivity contribution >= 4 is 15.8 Å². The first-order valence-corrected chi connectivity index (χ1v) is 7.00. The molecule has 0 heterocycles. The van der Waals surface area contributed by atoms with Gasteiger partial charge in [0, 0.05) is 6.04 Å². The topological polar surface area (TPSA) is 72.5 Å². The molecule has 0 saturated carbocycles. The molecule has 0 aliphatic rings. The normalized spacial score (nSPS) is 15.5. The maximum Gasteiger partial charge on any atom is 0.306 e. The quantitative estimate of drug-likeness (QED) is 0.661. The monoisotopic (exact) mass is 251 g/mol. The number of ether oxygens (including phenoxy) is 1. The molecule has 0 aromatic rings. The highest BCUT2D eigenvalue weighted by Crippen LogP contribution is 2.10. The lowest BCUT2D eigenvalue weighted by molar-refractivity contribution is -0.140. The van der Waals surface area contributed by atoms with Crippen molar-refractivity contribution in [2.24, 2.45) is 0 Å². The van der Waals surface area contributed by atoms with E-state index >= 15 is 0 Å². The van der Waals surface area contributed by atoms with Crippen molar-refractivity contribution in [3.63, 3.8) is 0 Å². The predicted octanol–water partition coefficient (Wildman–Crippen LogP) is 0.351. The largest absolute Gasteiger partial charge is 0.469 e. The second-order valence-electron chi connectivity index (χ2n) is 3.93. The first-order chi connectivity index (χ1) is 7.33. The maximum absolute atomic E-state index is 11.8. The van der Waals surface area contributed by atoms with Crippen LogP contribution in [0.3, 0.4) is 0 Å². The van der Waals surface area contributed by atoms with E-state index < -0.39 is 21.1 Å². The van der Waals surface area contributed by atoms with Gasteiger partial charge in [0.1, 0.15) is 0 Å². The fourth-order valence-electron chi connectivity index (χ4n) is 1.29. The molecule has 0 aliphatic carbocycles. The van der Waals surface area contributed by atoms with Crippen LogP contribution >= 0.6 is 0 Å². The fourth-order valence-corrected chi connectivity index (χ4v) is 2.73. The molecule has 0 radical (unpaired) electrons. The third-order valence-electron chi connectivity index (χ3n) is 2.61. The Kier molecular flexibility index (Phi) is 6.59. The van der Waals surface area contributed by atoms with Gasteiger partial charge in [-0.2, -0.15) is 0 Å². The molecule has 0 aromatic heterocycles. The molecule has 96 valence electrons. The Bertz CT molecular complexity index is 313. The molecule has 2 unspecified atom stereocenters. The van der Waals surface area contributed by atoms with Crippen LogP contribution in [0.2, 0.25) is 0 Å². The molecule has 0 aromatic carbocycles. The van der Waals surface area contributed by atoms with E-state index in [4.69, 9.17) is 0 Å². The second kappa shape index (κ2) is 6.85. The van der Waals surface area contributed by atoms with Gasteiger partial charge in [-0.3, -0.25) is 4.79 Å². The van der Waals surface area contributed by atoms with Crippen molar-refractivity contribution in [3.8, 4) is 0 Å². The highest BCUT2D eigenvalue weighted by Gasteiger charge is 2.23. The summed E-state index contributed by atoms with van der Waals surface area (Å²) < 4.78 is 27.9. The predicted molar refractivity (Wildman–Crippen MR) is 63.0 cm³/mol. The van der Waals surface area contributed by atoms with Gasteiger partial charge in [-0.15, -0.1) is 0 Å². The molecule has 1 N–H and O–H groups in total. The SMILES string of the molecule is CNC(C)CC(C)S(=O)(=O)CCC(=O)OC. The Morgan fingerprint density at radius 3 is 2.38 bits per heavy atom. The van der Waals surface area contributed by atoms with Gasteiger partial charge in [0.05, 0.1) is 24.5 Å². The number of rotatable bonds is 7. The van der Waals surface area contributed by atoms with Crippen LogP contribution < -0.4 is 5.32 Å². The lowest BCUT2D eigenvalue weighted by Crippen LogP contribution is -2.31. The third kappa shape index (κ3) is 5.46. The van der Waals surface area contributed by atoms with Crippen LogP contribution in [0.25, 0.3) is 0 Å². The first-order valence-electron chi connectivity index (χ1n) is 5.29. The van der Waals surface area contributed by atoms with Crippen LogP contribution in [0.5, 0.6) is 0 Å². The Balaban J connectivity index is 4.26. The lowest BCUT2D eigenvalue weighted by Gasteiger charge is -2.16. The van der Waals surface area contributed by atoms with Gasteiger partial charge in [-0.1, -0.05) is 0 Å². The van der Waals surface area contributed by atoms with Gasteiger partial charge in [0.15, 0.2) is 9.84 Å². The summed E-state index contributed by atoms with van der Waals surface area (Å²) in [5.74, 6) is -0.630. The van der Waals surface area contributed by atoms with Crippen molar-refractivity contribution in [2.45, 2.75) is 38.0 Å². The first kappa shape index (κ1) is 15.4. The van der Waals surface area contributed by atoms with E-state index in [1.54, 1.807) is 14.0 Å². The Morgan fingerprint density at radius 2 is 1.94 bits per heavy atom. The van der Waals surface area contributed by atoms with E-state index in [1.165, 1.54) is 7.11 Å². The number of esters is 1. The van der Waals surface area contributed by atoms with E-state index in [9.17, 15) is 13.2 Å². The summed E-state index contributed by atoms with van der Waals surface area (Å²) in [6.45, 7) is 3.59. The average Bonchev–Trinajstić information content (AvgIpc) is 2.25. The lowest BCUT2D eigenvalue weighted by atomic mass is 10.2. The number of carbonyl (C=O) groups is 1. The molecule has 6 heteroatoms. The van der Waals surface area contributed by atoms with E-state index in [0.717, 1.165) is 0 Å². The summed E-state index contributed by atoms with van der Waals surface area (Å²) in [5, 5.41) is 2.54. The van der Waals surface area contributed by atoms with Crippen LogP contribution in [0.1, 0.15) is 26.7 Å². The van der Waals surface area contributed by atoms with Gasteiger partial charge in [-0.05, 0) is 27.3 Å². The standard InChI is InChI=1S/C10H21NO4S/c1-8(11-3)7-9(2)16(13,14)6-5-10(12)15-4/h8-9,11H,5-7H2,1-4H3. The Labute approximate surface area is 97.5 Å². The molecule has 0 saturated heterocycles. The summed E-state index contributed by atoms with van der Waals surface area (Å²) >= 11 is 0. The van der Waals surface area contributed by atoms with E-state index in [0.29, 0.717) is 6.42 Å². The van der Waals surface area contributed by atoms with Crippen molar-refractivity contribution < 1.29 is 17.9 Å². The fraction of sp³-hybridized carbons (Fsp3) is 0.900. The number of sulfone groups is 1. The number of methoxy groups -OCH3 is 1. The maximum atomic E-state index is 11.8. The molecule has 0 amide bonds. The van der Waals surface area contributed by atoms with E-state index in [-0.39, 0.29) is 18.2 Å². The van der Waals surface area contributed by atoms with E-state index in [1.807, 2.05) is 6.92 Å². The molecule has 0 bridgehead atoms. The summed E-state index contributed by atoms with van der Waals surface area (Å²) in [6, 6.07) is 0.142. The minimum atomic E-state index is -3.21. The molecular weight excluding hydrogens is 230 g/mol. The second-order valence-corrected chi connectivity index (χ2v) is 6.47. The molecule has 0 fully saturated rings. The summed E-state index contributed by atoms with van der Waals surface area (Å²) in [7, 11) is -0.170. The highest BCUT2D eigenvalue weighted by atomic mass is 32.2.